The van der Waals surface area contributed by atoms with Gasteiger partial charge in [0.2, 0.25) is 0 Å². The van der Waals surface area contributed by atoms with E-state index in [1.54, 1.807) is 0 Å². The lowest BCUT2D eigenvalue weighted by Crippen LogP contribution is -2.46. The van der Waals surface area contributed by atoms with E-state index in [2.05, 4.69) is 47.8 Å². The molecule has 86 valence electrons. The van der Waals surface area contributed by atoms with Gasteiger partial charge in [-0.1, -0.05) is 6.08 Å². The zero-order chi connectivity index (χ0) is 11.1. The lowest BCUT2D eigenvalue weighted by atomic mass is 10.2. The first kappa shape index (κ1) is 12.4. The lowest BCUT2D eigenvalue weighted by Gasteiger charge is -2.32. The summed E-state index contributed by atoms with van der Waals surface area (Å²) in [4.78, 5) is 9.36. The summed E-state index contributed by atoms with van der Waals surface area (Å²) < 4.78 is 0. The summed E-state index contributed by atoms with van der Waals surface area (Å²) in [6.45, 7) is 10.7. The van der Waals surface area contributed by atoms with Crippen LogP contribution in [0.1, 0.15) is 13.8 Å². The highest BCUT2D eigenvalue weighted by Gasteiger charge is 2.14. The summed E-state index contributed by atoms with van der Waals surface area (Å²) in [6, 6.07) is 0. The van der Waals surface area contributed by atoms with Crippen LogP contribution in [0.25, 0.3) is 0 Å². The van der Waals surface area contributed by atoms with Crippen LogP contribution in [0.2, 0.25) is 0 Å². The van der Waals surface area contributed by atoms with Crippen LogP contribution in [0.5, 0.6) is 0 Å². The number of allylic oxidation sites excluding steroid dienone is 1. The summed E-state index contributed by atoms with van der Waals surface area (Å²) >= 11 is 0. The van der Waals surface area contributed by atoms with Gasteiger partial charge in [0.1, 0.15) is 0 Å². The molecule has 0 amide bonds. The molecule has 0 radical (unpaired) electrons. The minimum Gasteiger partial charge on any atom is -0.304 e. The second-order valence-corrected chi connectivity index (χ2v) is 4.05. The first-order valence-electron chi connectivity index (χ1n) is 5.83. The molecule has 1 saturated heterocycles. The molecule has 0 aromatic carbocycles. The highest BCUT2D eigenvalue weighted by atomic mass is 15.2. The third-order valence-corrected chi connectivity index (χ3v) is 2.70. The van der Waals surface area contributed by atoms with Crippen LogP contribution in [-0.2, 0) is 0 Å². The smallest absolute Gasteiger partial charge is 0.0485 e. The molecule has 0 spiro atoms. The molecule has 0 aliphatic carbocycles. The van der Waals surface area contributed by atoms with Crippen molar-refractivity contribution in [2.24, 2.45) is 4.99 Å². The van der Waals surface area contributed by atoms with Gasteiger partial charge in [-0.05, 0) is 27.0 Å². The fourth-order valence-corrected chi connectivity index (χ4v) is 1.79. The van der Waals surface area contributed by atoms with Crippen molar-refractivity contribution in [1.29, 1.82) is 0 Å². The Hall–Kier alpha value is -0.670. The Morgan fingerprint density at radius 2 is 1.93 bits per heavy atom. The van der Waals surface area contributed by atoms with Crippen molar-refractivity contribution in [1.82, 2.24) is 9.80 Å². The largest absolute Gasteiger partial charge is 0.304 e. The quantitative estimate of drug-likeness (QED) is 0.649. The normalized spacial score (nSPS) is 21.4. The maximum Gasteiger partial charge on any atom is 0.0485 e. The molecule has 1 aliphatic heterocycles. The predicted octanol–water partition coefficient (Wildman–Crippen LogP) is 1.27. The average molecular weight is 209 g/mol. The Labute approximate surface area is 93.5 Å². The van der Waals surface area contributed by atoms with Gasteiger partial charge in [0, 0.05) is 45.0 Å². The number of aliphatic imine (C=N–C) groups is 1. The summed E-state index contributed by atoms with van der Waals surface area (Å²) in [5.41, 5.74) is 1.21. The van der Waals surface area contributed by atoms with Gasteiger partial charge in [0.15, 0.2) is 0 Å². The van der Waals surface area contributed by atoms with Gasteiger partial charge in [-0.25, -0.2) is 0 Å². The molecule has 0 aromatic heterocycles. The van der Waals surface area contributed by atoms with E-state index in [-0.39, 0.29) is 0 Å². The SMILES string of the molecule is C/C=C\C(CN1CCN(C)CC1)=NCC. The molecule has 3 heteroatoms. The molecule has 1 rings (SSSR count). The van der Waals surface area contributed by atoms with Crippen molar-refractivity contribution in [3.63, 3.8) is 0 Å². The van der Waals surface area contributed by atoms with E-state index >= 15 is 0 Å². The molecule has 0 aromatic rings. The average Bonchev–Trinajstić information content (AvgIpc) is 2.22. The Bertz CT molecular complexity index is 225. The number of piperazine rings is 1. The van der Waals surface area contributed by atoms with Crippen LogP contribution in [0, 0.1) is 0 Å². The molecule has 0 unspecified atom stereocenters. The number of rotatable bonds is 4. The van der Waals surface area contributed by atoms with Gasteiger partial charge in [-0.2, -0.15) is 0 Å². The van der Waals surface area contributed by atoms with E-state index in [0.717, 1.165) is 26.2 Å². The fraction of sp³-hybridized carbons (Fsp3) is 0.750. The molecular formula is C12H23N3. The van der Waals surface area contributed by atoms with Crippen molar-refractivity contribution in [3.05, 3.63) is 12.2 Å². The minimum absolute atomic E-state index is 0.882. The maximum atomic E-state index is 4.50. The zero-order valence-corrected chi connectivity index (χ0v) is 10.2. The monoisotopic (exact) mass is 209 g/mol. The molecule has 0 atom stereocenters. The maximum absolute atomic E-state index is 4.50. The summed E-state index contributed by atoms with van der Waals surface area (Å²) in [6.07, 6.45) is 4.20. The van der Waals surface area contributed by atoms with Gasteiger partial charge in [-0.15, -0.1) is 0 Å². The zero-order valence-electron chi connectivity index (χ0n) is 10.2. The highest BCUT2D eigenvalue weighted by molar-refractivity contribution is 5.96. The minimum atomic E-state index is 0.882. The molecule has 3 nitrogen and oxygen atoms in total. The molecule has 1 heterocycles. The van der Waals surface area contributed by atoms with Crippen LogP contribution in [0.4, 0.5) is 0 Å². The van der Waals surface area contributed by atoms with E-state index < -0.39 is 0 Å². The van der Waals surface area contributed by atoms with Crippen molar-refractivity contribution >= 4 is 5.71 Å². The number of nitrogens with zero attached hydrogens (tertiary/aromatic N) is 3. The van der Waals surface area contributed by atoms with Gasteiger partial charge in [0.05, 0.1) is 0 Å². The number of hydrogen-bond donors (Lipinski definition) is 0. The van der Waals surface area contributed by atoms with Crippen LogP contribution in [0.15, 0.2) is 17.1 Å². The Balaban J connectivity index is 2.41. The summed E-state index contributed by atoms with van der Waals surface area (Å²) in [5.74, 6) is 0. The summed E-state index contributed by atoms with van der Waals surface area (Å²) in [7, 11) is 2.18. The fourth-order valence-electron chi connectivity index (χ4n) is 1.79. The third-order valence-electron chi connectivity index (χ3n) is 2.70. The van der Waals surface area contributed by atoms with E-state index in [9.17, 15) is 0 Å². The molecule has 0 N–H and O–H groups in total. The molecule has 0 saturated carbocycles. The lowest BCUT2D eigenvalue weighted by molar-refractivity contribution is 0.170. The Morgan fingerprint density at radius 3 is 2.47 bits per heavy atom. The second kappa shape index (κ2) is 6.75. The highest BCUT2D eigenvalue weighted by Crippen LogP contribution is 2.00. The van der Waals surface area contributed by atoms with Gasteiger partial charge in [-0.3, -0.25) is 9.89 Å². The number of likely N-dealkylation sites (N-methyl/N-ethyl adjacent to an activating group) is 1. The van der Waals surface area contributed by atoms with Crippen LogP contribution < -0.4 is 0 Å². The van der Waals surface area contributed by atoms with E-state index in [0.29, 0.717) is 0 Å². The third kappa shape index (κ3) is 4.58. The molecule has 15 heavy (non-hydrogen) atoms. The predicted molar refractivity (Wildman–Crippen MR) is 66.7 cm³/mol. The van der Waals surface area contributed by atoms with Crippen LogP contribution in [0.3, 0.4) is 0 Å². The van der Waals surface area contributed by atoms with Gasteiger partial charge in [0.25, 0.3) is 0 Å². The van der Waals surface area contributed by atoms with Gasteiger partial charge >= 0.3 is 0 Å². The van der Waals surface area contributed by atoms with Crippen molar-refractivity contribution in [2.75, 3.05) is 46.3 Å². The first-order valence-corrected chi connectivity index (χ1v) is 5.83. The van der Waals surface area contributed by atoms with E-state index in [1.807, 2.05) is 0 Å². The van der Waals surface area contributed by atoms with Crippen molar-refractivity contribution in [2.45, 2.75) is 13.8 Å². The number of hydrogen-bond acceptors (Lipinski definition) is 3. The molecule has 1 fully saturated rings. The van der Waals surface area contributed by atoms with Crippen LogP contribution in [-0.4, -0.2) is 61.8 Å². The molecular weight excluding hydrogens is 186 g/mol. The summed E-state index contributed by atoms with van der Waals surface area (Å²) in [5, 5.41) is 0. The van der Waals surface area contributed by atoms with Crippen molar-refractivity contribution in [3.8, 4) is 0 Å². The van der Waals surface area contributed by atoms with E-state index in [1.165, 1.54) is 18.8 Å². The molecule has 1 aliphatic rings. The van der Waals surface area contributed by atoms with Crippen molar-refractivity contribution < 1.29 is 0 Å². The van der Waals surface area contributed by atoms with E-state index in [4.69, 9.17) is 0 Å². The first-order chi connectivity index (χ1) is 7.26. The molecule has 0 bridgehead atoms. The standard InChI is InChI=1S/C12H23N3/c1-4-6-12(13-5-2)11-15-9-7-14(3)8-10-15/h4,6H,5,7-11H2,1-3H3/b6-4-,13-12?. The second-order valence-electron chi connectivity index (χ2n) is 4.05. The topological polar surface area (TPSA) is 18.8 Å². The van der Waals surface area contributed by atoms with Crippen LogP contribution >= 0.6 is 0 Å². The Kier molecular flexibility index (Phi) is 5.58. The Morgan fingerprint density at radius 1 is 1.27 bits per heavy atom. The van der Waals surface area contributed by atoms with Gasteiger partial charge < -0.3 is 4.90 Å².